The van der Waals surface area contributed by atoms with Crippen LogP contribution in [0.2, 0.25) is 0 Å². The molecule has 1 heterocycles. The second-order valence-corrected chi connectivity index (χ2v) is 9.86. The number of carbonyl (C=O) groups excluding carboxylic acids is 2. The molecule has 1 unspecified atom stereocenters. The van der Waals surface area contributed by atoms with E-state index in [1.165, 1.54) is 40.5 Å². The van der Waals surface area contributed by atoms with Crippen LogP contribution in [0.25, 0.3) is 0 Å². The minimum atomic E-state index is -3.58. The van der Waals surface area contributed by atoms with E-state index in [9.17, 15) is 18.0 Å². The average molecular weight is 490 g/mol. The third-order valence-electron chi connectivity index (χ3n) is 6.05. The van der Waals surface area contributed by atoms with Gasteiger partial charge >= 0.3 is 0 Å². The molecule has 0 N–H and O–H groups in total. The molecule has 0 radical (unpaired) electrons. The zero-order chi connectivity index (χ0) is 25.0. The molecular formula is C24H31N3O6S. The fraction of sp³-hybridized carbons (Fsp3) is 0.417. The monoisotopic (exact) mass is 489 g/mol. The van der Waals surface area contributed by atoms with Crippen LogP contribution in [0.4, 0.5) is 11.4 Å². The Morgan fingerprint density at radius 3 is 2.21 bits per heavy atom. The third kappa shape index (κ3) is 4.88. The Morgan fingerprint density at radius 2 is 1.65 bits per heavy atom. The van der Waals surface area contributed by atoms with Crippen molar-refractivity contribution in [1.29, 1.82) is 0 Å². The largest absolute Gasteiger partial charge is 0.493 e. The molecule has 1 fully saturated rings. The summed E-state index contributed by atoms with van der Waals surface area (Å²) in [5.74, 6) is 0.163. The molecule has 3 rings (SSSR count). The second-order valence-electron chi connectivity index (χ2n) is 7.93. The van der Waals surface area contributed by atoms with Crippen LogP contribution in [-0.4, -0.2) is 65.4 Å². The van der Waals surface area contributed by atoms with E-state index in [-0.39, 0.29) is 29.7 Å². The fourth-order valence-electron chi connectivity index (χ4n) is 4.07. The van der Waals surface area contributed by atoms with Gasteiger partial charge in [-0.3, -0.25) is 9.59 Å². The van der Waals surface area contributed by atoms with Crippen molar-refractivity contribution in [3.63, 3.8) is 0 Å². The topological polar surface area (TPSA) is 96.5 Å². The van der Waals surface area contributed by atoms with E-state index < -0.39 is 15.9 Å². The maximum atomic E-state index is 13.1. The third-order valence-corrected chi connectivity index (χ3v) is 8.11. The summed E-state index contributed by atoms with van der Waals surface area (Å²) >= 11 is 0. The summed E-state index contributed by atoms with van der Waals surface area (Å²) in [4.78, 5) is 29.0. The van der Waals surface area contributed by atoms with E-state index in [2.05, 4.69) is 0 Å². The van der Waals surface area contributed by atoms with Crippen molar-refractivity contribution in [2.45, 2.75) is 25.2 Å². The smallest absolute Gasteiger partial charge is 0.243 e. The van der Waals surface area contributed by atoms with Gasteiger partial charge in [-0.25, -0.2) is 8.42 Å². The summed E-state index contributed by atoms with van der Waals surface area (Å²) in [5, 5.41) is 0. The summed E-state index contributed by atoms with van der Waals surface area (Å²) in [6.07, 6.45) is 0.0793. The number of rotatable bonds is 9. The first-order valence-electron chi connectivity index (χ1n) is 11.1. The molecule has 2 amide bonds. The van der Waals surface area contributed by atoms with Gasteiger partial charge in [-0.2, -0.15) is 4.31 Å². The maximum Gasteiger partial charge on any atom is 0.243 e. The Morgan fingerprint density at radius 1 is 1.03 bits per heavy atom. The lowest BCUT2D eigenvalue weighted by atomic mass is 10.1. The first-order valence-corrected chi connectivity index (χ1v) is 12.5. The van der Waals surface area contributed by atoms with Crippen molar-refractivity contribution in [1.82, 2.24) is 4.31 Å². The molecule has 0 aromatic heterocycles. The van der Waals surface area contributed by atoms with Crippen molar-refractivity contribution in [3.8, 4) is 11.5 Å². The molecule has 2 aromatic carbocycles. The number of amides is 2. The minimum absolute atomic E-state index is 0.0793. The second kappa shape index (κ2) is 10.4. The molecule has 0 spiro atoms. The summed E-state index contributed by atoms with van der Waals surface area (Å²) in [5.41, 5.74) is 1.19. The van der Waals surface area contributed by atoms with E-state index in [0.29, 0.717) is 36.0 Å². The Labute approximate surface area is 200 Å². The highest BCUT2D eigenvalue weighted by molar-refractivity contribution is 7.89. The Balaban J connectivity index is 1.75. The molecule has 9 nitrogen and oxygen atoms in total. The lowest BCUT2D eigenvalue weighted by Crippen LogP contribution is -2.34. The Kier molecular flexibility index (Phi) is 7.83. The number of methoxy groups -OCH3 is 2. The molecule has 10 heteroatoms. The van der Waals surface area contributed by atoms with Crippen LogP contribution in [0.5, 0.6) is 11.5 Å². The van der Waals surface area contributed by atoms with Crippen LogP contribution < -0.4 is 19.3 Å². The van der Waals surface area contributed by atoms with Gasteiger partial charge in [0.05, 0.1) is 25.0 Å². The van der Waals surface area contributed by atoms with Crippen LogP contribution in [-0.2, 0) is 19.6 Å². The van der Waals surface area contributed by atoms with Crippen LogP contribution in [0.3, 0.4) is 0 Å². The van der Waals surface area contributed by atoms with E-state index in [1.807, 2.05) is 0 Å². The van der Waals surface area contributed by atoms with Gasteiger partial charge in [0.1, 0.15) is 0 Å². The quantitative estimate of drug-likeness (QED) is 0.537. The SMILES string of the molecule is CCN(CC)S(=O)(=O)c1ccc(N2CC(C(=O)N(C)c3ccc(OC)c(OC)c3)CC2=O)cc1. The first kappa shape index (κ1) is 25.5. The van der Waals surface area contributed by atoms with E-state index >= 15 is 0 Å². The molecule has 1 saturated heterocycles. The number of carbonyl (C=O) groups is 2. The summed E-state index contributed by atoms with van der Waals surface area (Å²) in [6, 6.07) is 11.4. The van der Waals surface area contributed by atoms with Crippen molar-refractivity contribution < 1.29 is 27.5 Å². The first-order chi connectivity index (χ1) is 16.2. The van der Waals surface area contributed by atoms with Crippen molar-refractivity contribution in [3.05, 3.63) is 42.5 Å². The van der Waals surface area contributed by atoms with Crippen molar-refractivity contribution in [2.24, 2.45) is 5.92 Å². The zero-order valence-corrected chi connectivity index (χ0v) is 21.0. The van der Waals surface area contributed by atoms with Gasteiger partial charge < -0.3 is 19.3 Å². The van der Waals surface area contributed by atoms with E-state index in [4.69, 9.17) is 9.47 Å². The molecule has 1 atom stereocenters. The highest BCUT2D eigenvalue weighted by atomic mass is 32.2. The molecule has 1 aliphatic heterocycles. The lowest BCUT2D eigenvalue weighted by molar-refractivity contribution is -0.124. The summed E-state index contributed by atoms with van der Waals surface area (Å²) in [7, 11) is 1.14. The molecule has 184 valence electrons. The number of ether oxygens (including phenoxy) is 2. The lowest BCUT2D eigenvalue weighted by Gasteiger charge is -2.23. The van der Waals surface area contributed by atoms with Crippen LogP contribution in [0.1, 0.15) is 20.3 Å². The predicted octanol–water partition coefficient (Wildman–Crippen LogP) is 2.75. The van der Waals surface area contributed by atoms with Gasteiger partial charge in [0.2, 0.25) is 21.8 Å². The normalized spacial score (nSPS) is 16.1. The number of anilines is 2. The number of benzene rings is 2. The zero-order valence-electron chi connectivity index (χ0n) is 20.1. The summed E-state index contributed by atoms with van der Waals surface area (Å²) in [6.45, 7) is 4.55. The van der Waals surface area contributed by atoms with Gasteiger partial charge in [-0.05, 0) is 36.4 Å². The number of sulfonamides is 1. The van der Waals surface area contributed by atoms with Gasteiger partial charge in [-0.15, -0.1) is 0 Å². The highest BCUT2D eigenvalue weighted by Gasteiger charge is 2.37. The Bertz CT molecular complexity index is 1150. The molecule has 34 heavy (non-hydrogen) atoms. The Hall–Kier alpha value is -3.11. The van der Waals surface area contributed by atoms with Crippen molar-refractivity contribution in [2.75, 3.05) is 50.7 Å². The van der Waals surface area contributed by atoms with Crippen molar-refractivity contribution >= 4 is 33.2 Å². The van der Waals surface area contributed by atoms with Crippen LogP contribution in [0, 0.1) is 5.92 Å². The van der Waals surface area contributed by atoms with Crippen LogP contribution >= 0.6 is 0 Å². The predicted molar refractivity (Wildman–Crippen MR) is 130 cm³/mol. The molecule has 2 aromatic rings. The van der Waals surface area contributed by atoms with Gasteiger partial charge in [0.25, 0.3) is 0 Å². The maximum absolute atomic E-state index is 13.1. The molecule has 0 bridgehead atoms. The fourth-order valence-corrected chi connectivity index (χ4v) is 5.53. The van der Waals surface area contributed by atoms with E-state index in [0.717, 1.165) is 0 Å². The van der Waals surface area contributed by atoms with Gasteiger partial charge in [0, 0.05) is 50.5 Å². The van der Waals surface area contributed by atoms with Crippen LogP contribution in [0.15, 0.2) is 47.4 Å². The number of hydrogen-bond donors (Lipinski definition) is 0. The summed E-state index contributed by atoms with van der Waals surface area (Å²) < 4.78 is 37.3. The molecule has 1 aliphatic rings. The molecular weight excluding hydrogens is 458 g/mol. The minimum Gasteiger partial charge on any atom is -0.493 e. The average Bonchev–Trinajstić information content (AvgIpc) is 3.24. The highest BCUT2D eigenvalue weighted by Crippen LogP contribution is 2.33. The van der Waals surface area contributed by atoms with E-state index in [1.54, 1.807) is 51.2 Å². The molecule has 0 aliphatic carbocycles. The van der Waals surface area contributed by atoms with Gasteiger partial charge in [0.15, 0.2) is 11.5 Å². The number of hydrogen-bond acceptors (Lipinski definition) is 6. The standard InChI is InChI=1S/C24H31N3O6S/c1-6-26(7-2)34(30,31)20-11-8-18(9-12-20)27-16-17(14-23(27)28)24(29)25(3)19-10-13-21(32-4)22(15-19)33-5/h8-13,15,17H,6-7,14,16H2,1-5H3. The number of nitrogens with zero attached hydrogens (tertiary/aromatic N) is 3. The van der Waals surface area contributed by atoms with Gasteiger partial charge in [-0.1, -0.05) is 13.8 Å². The molecule has 0 saturated carbocycles.